The highest BCUT2D eigenvalue weighted by molar-refractivity contribution is 6.91. The van der Waals surface area contributed by atoms with Crippen molar-refractivity contribution in [1.29, 1.82) is 0 Å². The van der Waals surface area contributed by atoms with E-state index in [1.807, 2.05) is 36.5 Å². The molecular formula is C35H46N6O5Si. The number of methoxy groups -OCH3 is 1. The second-order valence-electron chi connectivity index (χ2n) is 13.5. The highest BCUT2D eigenvalue weighted by Gasteiger charge is 2.66. The van der Waals surface area contributed by atoms with Gasteiger partial charge in [-0.1, -0.05) is 48.6 Å². The summed E-state index contributed by atoms with van der Waals surface area (Å²) >= 11 is 0. The number of nitrogens with one attached hydrogen (secondary N) is 2. The molecule has 47 heavy (non-hydrogen) atoms. The van der Waals surface area contributed by atoms with Gasteiger partial charge in [-0.15, -0.1) is 11.7 Å². The van der Waals surface area contributed by atoms with Crippen LogP contribution < -0.4 is 25.5 Å². The van der Waals surface area contributed by atoms with Crippen molar-refractivity contribution in [2.45, 2.75) is 75.5 Å². The van der Waals surface area contributed by atoms with Gasteiger partial charge in [0.05, 0.1) is 38.7 Å². The summed E-state index contributed by atoms with van der Waals surface area (Å²) in [6.45, 7) is 12.5. The summed E-state index contributed by atoms with van der Waals surface area (Å²) in [6.07, 6.45) is 6.17. The maximum absolute atomic E-state index is 14.7. The molecular weight excluding hydrogens is 613 g/mol. The van der Waals surface area contributed by atoms with Crippen LogP contribution in [0.2, 0.25) is 18.6 Å². The van der Waals surface area contributed by atoms with Crippen LogP contribution in [0.1, 0.15) is 37.4 Å². The summed E-state index contributed by atoms with van der Waals surface area (Å²) < 4.78 is 14.4. The molecule has 6 rings (SSSR count). The zero-order valence-corrected chi connectivity index (χ0v) is 28.7. The van der Waals surface area contributed by atoms with Crippen LogP contribution in [-0.4, -0.2) is 78.9 Å². The minimum Gasteiger partial charge on any atom is -0.497 e. The van der Waals surface area contributed by atoms with Crippen molar-refractivity contribution in [3.05, 3.63) is 72.6 Å². The minimum atomic E-state index is -2.32. The molecule has 3 N–H and O–H groups in total. The normalized spacial score (nSPS) is 25.4. The van der Waals surface area contributed by atoms with Crippen molar-refractivity contribution in [2.75, 3.05) is 37.0 Å². The first kappa shape index (κ1) is 33.1. The molecule has 0 radical (unpaired) electrons. The number of nitrogens with zero attached hydrogens (tertiary/aromatic N) is 4. The molecule has 3 aromatic rings. The average molecular weight is 659 g/mol. The quantitative estimate of drug-likeness (QED) is 0.200. The van der Waals surface area contributed by atoms with Gasteiger partial charge in [-0.05, 0) is 61.7 Å². The number of hydrogen-bond acceptors (Lipinski definition) is 8. The highest BCUT2D eigenvalue weighted by Crippen LogP contribution is 2.60. The summed E-state index contributed by atoms with van der Waals surface area (Å²) in [7, 11) is -0.658. The Hall–Kier alpha value is -3.84. The molecule has 2 aromatic carbocycles. The lowest BCUT2D eigenvalue weighted by atomic mass is 9.82. The Balaban J connectivity index is 1.40. The standard InChI is InChI=1S/C35H46N6O5Si/c1-6-18-41-30-14-9-24(37-33(43)29-8-7-17-36-29)21-28(30)35(34(41)44)23(2)32(47(4,5)27-12-10-26(45-3)11-13-27)31(46-35)15-19-40-22-25(16-20-42)38-39-40/h6,9-14,21-23,29,31-32,36,42H,1,7-8,15-20H2,2-5H3,(H,37,43)/t23-,29-,31+,32-,35+/m1/s1. The predicted molar refractivity (Wildman–Crippen MR) is 184 cm³/mol. The molecule has 4 heterocycles. The number of aliphatic hydroxyl groups excluding tert-OH is 1. The van der Waals surface area contributed by atoms with Crippen LogP contribution in [0.4, 0.5) is 11.4 Å². The van der Waals surface area contributed by atoms with Crippen LogP contribution in [0.25, 0.3) is 0 Å². The van der Waals surface area contributed by atoms with Crippen molar-refractivity contribution in [2.24, 2.45) is 5.92 Å². The number of rotatable bonds is 12. The molecule has 2 fully saturated rings. The van der Waals surface area contributed by atoms with E-state index in [0.717, 1.165) is 42.1 Å². The summed E-state index contributed by atoms with van der Waals surface area (Å²) in [6, 6.07) is 13.8. The Morgan fingerprint density at radius 1 is 1.28 bits per heavy atom. The zero-order chi connectivity index (χ0) is 33.3. The molecule has 0 unspecified atom stereocenters. The average Bonchev–Trinajstić information content (AvgIpc) is 3.86. The largest absolute Gasteiger partial charge is 0.497 e. The molecule has 0 bridgehead atoms. The van der Waals surface area contributed by atoms with Crippen molar-refractivity contribution >= 4 is 36.4 Å². The third-order valence-electron chi connectivity index (χ3n) is 10.4. The van der Waals surface area contributed by atoms with E-state index in [2.05, 4.69) is 59.7 Å². The fraction of sp³-hybridized carbons (Fsp3) is 0.486. The van der Waals surface area contributed by atoms with Gasteiger partial charge in [-0.3, -0.25) is 14.3 Å². The van der Waals surface area contributed by atoms with Gasteiger partial charge in [0, 0.05) is 49.5 Å². The number of aliphatic hydroxyl groups is 1. The first-order valence-corrected chi connectivity index (χ1v) is 19.7. The van der Waals surface area contributed by atoms with E-state index < -0.39 is 13.7 Å². The maximum atomic E-state index is 14.7. The Morgan fingerprint density at radius 2 is 2.06 bits per heavy atom. The molecule has 12 heteroatoms. The molecule has 2 amide bonds. The lowest BCUT2D eigenvalue weighted by molar-refractivity contribution is -0.145. The van der Waals surface area contributed by atoms with Crippen LogP contribution in [-0.2, 0) is 32.9 Å². The smallest absolute Gasteiger partial charge is 0.264 e. The van der Waals surface area contributed by atoms with Crippen LogP contribution in [0.3, 0.4) is 0 Å². The zero-order valence-electron chi connectivity index (χ0n) is 27.7. The van der Waals surface area contributed by atoms with Crippen molar-refractivity contribution < 1.29 is 24.2 Å². The molecule has 1 spiro atoms. The van der Waals surface area contributed by atoms with Crippen LogP contribution >= 0.6 is 0 Å². The molecule has 11 nitrogen and oxygen atoms in total. The molecule has 0 aliphatic carbocycles. The number of anilines is 2. The Morgan fingerprint density at radius 3 is 2.74 bits per heavy atom. The number of amides is 2. The number of aryl methyl sites for hydroxylation is 1. The fourth-order valence-corrected chi connectivity index (χ4v) is 12.1. The van der Waals surface area contributed by atoms with Gasteiger partial charge < -0.3 is 30.1 Å². The molecule has 0 saturated carbocycles. The van der Waals surface area contributed by atoms with E-state index in [-0.39, 0.29) is 42.0 Å². The van der Waals surface area contributed by atoms with E-state index >= 15 is 0 Å². The second kappa shape index (κ2) is 13.3. The Labute approximate surface area is 277 Å². The van der Waals surface area contributed by atoms with Gasteiger partial charge in [-0.25, -0.2) is 0 Å². The van der Waals surface area contributed by atoms with Crippen molar-refractivity contribution in [3.63, 3.8) is 0 Å². The van der Waals surface area contributed by atoms with Crippen LogP contribution in [0, 0.1) is 5.92 Å². The summed E-state index contributed by atoms with van der Waals surface area (Å²) in [4.78, 5) is 29.6. The van der Waals surface area contributed by atoms with Gasteiger partial charge in [0.1, 0.15) is 5.75 Å². The number of carbonyl (C=O) groups is 2. The SMILES string of the molecule is C=CCN1C(=O)[C@@]2(O[C@@H](CCn3cc(CCO)nn3)[C@H]([Si](C)(C)c3ccc(OC)cc3)[C@H]2C)c2cc(NC(=O)[C@H]3CCCN3)ccc21. The van der Waals surface area contributed by atoms with Crippen molar-refractivity contribution in [3.8, 4) is 5.75 Å². The van der Waals surface area contributed by atoms with E-state index in [9.17, 15) is 14.7 Å². The molecule has 5 atom stereocenters. The summed E-state index contributed by atoms with van der Waals surface area (Å²) in [5, 5.41) is 25.5. The van der Waals surface area contributed by atoms with Gasteiger partial charge >= 0.3 is 0 Å². The third kappa shape index (κ3) is 5.92. The molecule has 3 aliphatic rings. The highest BCUT2D eigenvalue weighted by atomic mass is 28.3. The van der Waals surface area contributed by atoms with Crippen molar-refractivity contribution in [1.82, 2.24) is 20.3 Å². The van der Waals surface area contributed by atoms with Gasteiger partial charge in [0.15, 0.2) is 5.60 Å². The number of benzene rings is 2. The monoisotopic (exact) mass is 658 g/mol. The van der Waals surface area contributed by atoms with E-state index in [1.54, 1.807) is 22.8 Å². The number of ether oxygens (including phenoxy) is 2. The van der Waals surface area contributed by atoms with Gasteiger partial charge in [-0.2, -0.15) is 0 Å². The molecule has 250 valence electrons. The Bertz CT molecular complexity index is 1620. The summed E-state index contributed by atoms with van der Waals surface area (Å²) in [5.41, 5.74) is 1.77. The fourth-order valence-electron chi connectivity index (χ4n) is 8.05. The topological polar surface area (TPSA) is 131 Å². The number of fused-ring (bicyclic) bond motifs is 2. The predicted octanol–water partition coefficient (Wildman–Crippen LogP) is 3.35. The third-order valence-corrected chi connectivity index (χ3v) is 14.7. The van der Waals surface area contributed by atoms with Crippen LogP contribution in [0.15, 0.2) is 61.3 Å². The van der Waals surface area contributed by atoms with Crippen LogP contribution in [0.5, 0.6) is 5.75 Å². The Kier molecular flexibility index (Phi) is 9.39. The number of hydrogen-bond donors (Lipinski definition) is 3. The maximum Gasteiger partial charge on any atom is 0.264 e. The lowest BCUT2D eigenvalue weighted by Gasteiger charge is -2.37. The van der Waals surface area contributed by atoms with Gasteiger partial charge in [0.25, 0.3) is 5.91 Å². The van der Waals surface area contributed by atoms with Gasteiger partial charge in [0.2, 0.25) is 5.91 Å². The lowest BCUT2D eigenvalue weighted by Crippen LogP contribution is -2.52. The number of aromatic nitrogens is 3. The number of carbonyl (C=O) groups excluding carboxylic acids is 2. The first-order chi connectivity index (χ1) is 22.6. The minimum absolute atomic E-state index is 0.0104. The second-order valence-corrected chi connectivity index (χ2v) is 18.2. The molecule has 3 aliphatic heterocycles. The molecule has 1 aromatic heterocycles. The first-order valence-electron chi connectivity index (χ1n) is 16.6. The van der Waals surface area contributed by atoms with E-state index in [1.165, 1.54) is 5.19 Å². The summed E-state index contributed by atoms with van der Waals surface area (Å²) in [5.74, 6) is 0.454. The van der Waals surface area contributed by atoms with E-state index in [0.29, 0.717) is 31.6 Å². The molecule has 2 saturated heterocycles. The van der Waals surface area contributed by atoms with E-state index in [4.69, 9.17) is 9.47 Å².